The predicted molar refractivity (Wildman–Crippen MR) is 124 cm³/mol. The van der Waals surface area contributed by atoms with Gasteiger partial charge in [0.05, 0.1) is 10.6 Å². The van der Waals surface area contributed by atoms with Crippen LogP contribution >= 0.6 is 11.6 Å². The van der Waals surface area contributed by atoms with Gasteiger partial charge in [-0.1, -0.05) is 53.6 Å². The maximum absolute atomic E-state index is 13.5. The molecular formula is C24H23ClN2O3S. The highest BCUT2D eigenvalue weighted by atomic mass is 35.5. The van der Waals surface area contributed by atoms with Gasteiger partial charge in [0.1, 0.15) is 6.54 Å². The first kappa shape index (κ1) is 21.4. The number of anilines is 2. The first-order valence-electron chi connectivity index (χ1n) is 10.1. The minimum Gasteiger partial charge on any atom is -0.311 e. The molecule has 1 amide bonds. The van der Waals surface area contributed by atoms with Crippen molar-refractivity contribution >= 4 is 38.9 Å². The highest BCUT2D eigenvalue weighted by Gasteiger charge is 2.31. The number of hydrogen-bond donors (Lipinski definition) is 0. The van der Waals surface area contributed by atoms with E-state index in [1.165, 1.54) is 0 Å². The van der Waals surface area contributed by atoms with Crippen LogP contribution in [0.2, 0.25) is 5.02 Å². The Hall–Kier alpha value is -2.83. The van der Waals surface area contributed by atoms with Crippen molar-refractivity contribution in [2.75, 3.05) is 22.3 Å². The van der Waals surface area contributed by atoms with Crippen LogP contribution in [0.3, 0.4) is 0 Å². The second kappa shape index (κ2) is 8.73. The van der Waals surface area contributed by atoms with Gasteiger partial charge in [0, 0.05) is 17.3 Å². The molecule has 31 heavy (non-hydrogen) atoms. The van der Waals surface area contributed by atoms with Crippen LogP contribution in [0.25, 0.3) is 0 Å². The third-order valence-corrected chi connectivity index (χ3v) is 7.42. The maximum atomic E-state index is 13.5. The van der Waals surface area contributed by atoms with Crippen LogP contribution in [0.1, 0.15) is 17.5 Å². The van der Waals surface area contributed by atoms with E-state index in [-0.39, 0.29) is 17.3 Å². The van der Waals surface area contributed by atoms with Gasteiger partial charge >= 0.3 is 0 Å². The Labute approximate surface area is 187 Å². The van der Waals surface area contributed by atoms with Gasteiger partial charge in [-0.2, -0.15) is 0 Å². The molecule has 0 fully saturated rings. The van der Waals surface area contributed by atoms with Gasteiger partial charge in [-0.15, -0.1) is 0 Å². The normalized spacial score (nSPS) is 13.5. The van der Waals surface area contributed by atoms with E-state index in [0.29, 0.717) is 17.3 Å². The number of benzene rings is 3. The molecule has 0 unspecified atom stereocenters. The number of aryl methyl sites for hydroxylation is 2. The summed E-state index contributed by atoms with van der Waals surface area (Å²) in [4.78, 5) is 15.2. The van der Waals surface area contributed by atoms with Crippen LogP contribution in [-0.4, -0.2) is 27.4 Å². The van der Waals surface area contributed by atoms with Crippen molar-refractivity contribution in [1.29, 1.82) is 0 Å². The first-order valence-corrected chi connectivity index (χ1v) is 11.9. The summed E-state index contributed by atoms with van der Waals surface area (Å²) in [5, 5.41) is 0.400. The fourth-order valence-electron chi connectivity index (χ4n) is 3.78. The molecule has 7 heteroatoms. The summed E-state index contributed by atoms with van der Waals surface area (Å²) < 4.78 is 28.2. The molecule has 5 nitrogen and oxygen atoms in total. The highest BCUT2D eigenvalue weighted by Crippen LogP contribution is 2.30. The van der Waals surface area contributed by atoms with Gasteiger partial charge in [0.25, 0.3) is 10.0 Å². The zero-order chi connectivity index (χ0) is 22.0. The van der Waals surface area contributed by atoms with Gasteiger partial charge in [-0.05, 0) is 61.7 Å². The third kappa shape index (κ3) is 4.45. The highest BCUT2D eigenvalue weighted by molar-refractivity contribution is 7.92. The molecule has 0 aromatic heterocycles. The van der Waals surface area contributed by atoms with Crippen LogP contribution in [0.5, 0.6) is 0 Å². The fourth-order valence-corrected chi connectivity index (χ4v) is 5.38. The number of halogens is 1. The molecule has 160 valence electrons. The molecule has 0 aliphatic carbocycles. The summed E-state index contributed by atoms with van der Waals surface area (Å²) >= 11 is 6.14. The average molecular weight is 455 g/mol. The van der Waals surface area contributed by atoms with Crippen molar-refractivity contribution in [2.45, 2.75) is 24.7 Å². The number of hydrogen-bond acceptors (Lipinski definition) is 3. The molecule has 0 radical (unpaired) electrons. The van der Waals surface area contributed by atoms with Crippen LogP contribution in [-0.2, 0) is 21.2 Å². The van der Waals surface area contributed by atoms with Gasteiger partial charge in [-0.3, -0.25) is 9.10 Å². The summed E-state index contributed by atoms with van der Waals surface area (Å²) in [7, 11) is -3.97. The van der Waals surface area contributed by atoms with E-state index in [4.69, 9.17) is 11.6 Å². The lowest BCUT2D eigenvalue weighted by Gasteiger charge is -2.32. The second-order valence-electron chi connectivity index (χ2n) is 7.58. The molecule has 0 N–H and O–H groups in total. The molecular weight excluding hydrogens is 432 g/mol. The summed E-state index contributed by atoms with van der Waals surface area (Å²) in [5.74, 6) is -0.275. The van der Waals surface area contributed by atoms with E-state index in [1.54, 1.807) is 53.4 Å². The largest absolute Gasteiger partial charge is 0.311 e. The fraction of sp³-hybridized carbons (Fsp3) is 0.208. The lowest BCUT2D eigenvalue weighted by molar-refractivity contribution is -0.117. The van der Waals surface area contributed by atoms with Crippen molar-refractivity contribution in [3.63, 3.8) is 0 Å². The van der Waals surface area contributed by atoms with Crippen molar-refractivity contribution in [3.8, 4) is 0 Å². The van der Waals surface area contributed by atoms with E-state index in [2.05, 4.69) is 0 Å². The molecule has 1 heterocycles. The molecule has 0 saturated heterocycles. The van der Waals surface area contributed by atoms with E-state index in [0.717, 1.165) is 34.0 Å². The van der Waals surface area contributed by atoms with Crippen LogP contribution < -0.4 is 9.21 Å². The number of para-hydroxylation sites is 1. The summed E-state index contributed by atoms with van der Waals surface area (Å²) in [6.07, 6.45) is 1.74. The minimum atomic E-state index is -3.97. The van der Waals surface area contributed by atoms with Crippen molar-refractivity contribution < 1.29 is 13.2 Å². The lowest BCUT2D eigenvalue weighted by Crippen LogP contribution is -2.45. The Morgan fingerprint density at radius 2 is 1.77 bits per heavy atom. The quantitative estimate of drug-likeness (QED) is 0.555. The number of amides is 1. The molecule has 3 aromatic rings. The number of sulfonamides is 1. The zero-order valence-electron chi connectivity index (χ0n) is 17.2. The second-order valence-corrected chi connectivity index (χ2v) is 9.88. The lowest BCUT2D eigenvalue weighted by atomic mass is 10.0. The van der Waals surface area contributed by atoms with E-state index >= 15 is 0 Å². The molecule has 0 bridgehead atoms. The van der Waals surface area contributed by atoms with Crippen LogP contribution in [0, 0.1) is 6.92 Å². The van der Waals surface area contributed by atoms with Gasteiger partial charge in [0.2, 0.25) is 5.91 Å². The average Bonchev–Trinajstić information content (AvgIpc) is 2.77. The number of carbonyl (C=O) groups excluding carboxylic acids is 1. The van der Waals surface area contributed by atoms with Crippen molar-refractivity contribution in [1.82, 2.24) is 0 Å². The Morgan fingerprint density at radius 1 is 1.03 bits per heavy atom. The molecule has 3 aromatic carbocycles. The first-order chi connectivity index (χ1) is 14.9. The molecule has 0 atom stereocenters. The number of fused-ring (bicyclic) bond motifs is 1. The maximum Gasteiger partial charge on any atom is 0.264 e. The van der Waals surface area contributed by atoms with Crippen LogP contribution in [0.15, 0.2) is 77.7 Å². The summed E-state index contributed by atoms with van der Waals surface area (Å²) in [6, 6.07) is 20.9. The smallest absolute Gasteiger partial charge is 0.264 e. The van der Waals surface area contributed by atoms with E-state index in [1.807, 2.05) is 31.2 Å². The zero-order valence-corrected chi connectivity index (χ0v) is 18.7. The predicted octanol–water partition coefficient (Wildman–Crippen LogP) is 4.82. The van der Waals surface area contributed by atoms with Crippen molar-refractivity contribution in [2.24, 2.45) is 0 Å². The van der Waals surface area contributed by atoms with E-state index < -0.39 is 10.0 Å². The van der Waals surface area contributed by atoms with Gasteiger partial charge in [0.15, 0.2) is 0 Å². The van der Waals surface area contributed by atoms with Gasteiger partial charge in [-0.25, -0.2) is 8.42 Å². The van der Waals surface area contributed by atoms with E-state index in [9.17, 15) is 13.2 Å². The number of nitrogens with zero attached hydrogens (tertiary/aromatic N) is 2. The Morgan fingerprint density at radius 3 is 2.52 bits per heavy atom. The Kier molecular flexibility index (Phi) is 6.03. The Bertz CT molecular complexity index is 1210. The molecule has 0 spiro atoms. The summed E-state index contributed by atoms with van der Waals surface area (Å²) in [6.45, 7) is 2.14. The monoisotopic (exact) mass is 454 g/mol. The topological polar surface area (TPSA) is 57.7 Å². The van der Waals surface area contributed by atoms with Crippen molar-refractivity contribution in [3.05, 3.63) is 88.9 Å². The third-order valence-electron chi connectivity index (χ3n) is 5.40. The summed E-state index contributed by atoms with van der Waals surface area (Å²) in [5.41, 5.74) is 3.25. The SMILES string of the molecule is Cc1ccc(S(=O)(=O)N(CC(=O)N2CCCc3ccccc32)c2cccc(Cl)c2)cc1. The van der Waals surface area contributed by atoms with Gasteiger partial charge < -0.3 is 4.90 Å². The number of rotatable bonds is 5. The molecule has 0 saturated carbocycles. The molecule has 1 aliphatic heterocycles. The Balaban J connectivity index is 1.72. The minimum absolute atomic E-state index is 0.130. The standard InChI is InChI=1S/C24H23ClN2O3S/c1-18-11-13-22(14-12-18)31(29,30)27(21-9-4-8-20(25)16-21)17-24(28)26-15-5-7-19-6-2-3-10-23(19)26/h2-4,6,8-14,16H,5,7,15,17H2,1H3. The molecule has 1 aliphatic rings. The number of carbonyl (C=O) groups is 1. The molecule has 4 rings (SSSR count). The van der Waals surface area contributed by atoms with Crippen LogP contribution in [0.4, 0.5) is 11.4 Å².